The molecule has 1 spiro atoms. The van der Waals surface area contributed by atoms with Crippen LogP contribution in [0.5, 0.6) is 0 Å². The molecule has 0 bridgehead atoms. The molecule has 224 valence electrons. The summed E-state index contributed by atoms with van der Waals surface area (Å²) in [5.74, 6) is -0.172. The number of carbonyl (C=O) groups excluding carboxylic acids is 2. The van der Waals surface area contributed by atoms with E-state index in [1.807, 2.05) is 6.92 Å². The van der Waals surface area contributed by atoms with E-state index in [2.05, 4.69) is 27.4 Å². The second-order valence-electron chi connectivity index (χ2n) is 11.5. The van der Waals surface area contributed by atoms with Crippen LogP contribution in [0, 0.1) is 5.82 Å². The number of aryl methyl sites for hydroxylation is 1. The number of benzene rings is 1. The fraction of sp³-hybridized carbons (Fsp3) is 0.516. The van der Waals surface area contributed by atoms with Crippen molar-refractivity contribution in [2.45, 2.75) is 76.4 Å². The first-order valence-electron chi connectivity index (χ1n) is 14.7. The minimum atomic E-state index is -0.575. The van der Waals surface area contributed by atoms with Gasteiger partial charge in [0.15, 0.2) is 5.76 Å². The molecule has 0 aliphatic carbocycles. The number of fused-ring (bicyclic) bond motifs is 1. The summed E-state index contributed by atoms with van der Waals surface area (Å²) in [6.07, 6.45) is 7.41. The number of oxazole rings is 1. The summed E-state index contributed by atoms with van der Waals surface area (Å²) < 4.78 is 22.6. The van der Waals surface area contributed by atoms with E-state index in [4.69, 9.17) is 9.25 Å². The number of pyridine rings is 1. The van der Waals surface area contributed by atoms with Crippen LogP contribution < -0.4 is 10.9 Å². The molecule has 1 aromatic carbocycles. The number of piperidine rings is 1. The minimum Gasteiger partial charge on any atom is -0.438 e. The zero-order valence-corrected chi connectivity index (χ0v) is 24.5. The Morgan fingerprint density at radius 3 is 2.69 bits per heavy atom. The van der Waals surface area contributed by atoms with Crippen molar-refractivity contribution in [1.29, 1.82) is 0 Å². The van der Waals surface area contributed by atoms with Crippen molar-refractivity contribution in [3.8, 4) is 11.3 Å². The summed E-state index contributed by atoms with van der Waals surface area (Å²) in [7, 11) is 3.66. The van der Waals surface area contributed by atoms with Gasteiger partial charge in [0.1, 0.15) is 29.0 Å². The van der Waals surface area contributed by atoms with Crippen molar-refractivity contribution in [1.82, 2.24) is 19.8 Å². The number of hydrogen-bond donors (Lipinski definition) is 1. The monoisotopic (exact) mass is 579 g/mol. The molecule has 11 heteroatoms. The highest BCUT2D eigenvalue weighted by molar-refractivity contribution is 6.39. The van der Waals surface area contributed by atoms with Crippen LogP contribution in [0.25, 0.3) is 22.2 Å². The van der Waals surface area contributed by atoms with E-state index in [0.717, 1.165) is 45.2 Å². The molecule has 4 heterocycles. The molecule has 3 aromatic rings. The average Bonchev–Trinajstić information content (AvgIpc) is 3.64. The third kappa shape index (κ3) is 6.46. The van der Waals surface area contributed by atoms with Crippen molar-refractivity contribution in [2.75, 3.05) is 20.1 Å². The molecule has 2 aromatic heterocycles. The van der Waals surface area contributed by atoms with Gasteiger partial charge in [-0.15, -0.1) is 0 Å². The Morgan fingerprint density at radius 2 is 1.93 bits per heavy atom. The first kappa shape index (κ1) is 29.6. The van der Waals surface area contributed by atoms with E-state index >= 15 is 4.39 Å². The predicted molar refractivity (Wildman–Crippen MR) is 157 cm³/mol. The van der Waals surface area contributed by atoms with E-state index in [9.17, 15) is 14.4 Å². The van der Waals surface area contributed by atoms with Crippen molar-refractivity contribution in [2.24, 2.45) is 12.2 Å². The number of nitrogens with one attached hydrogen (secondary N) is 1. The standard InChI is InChI=1S/C31H38FN5O5/c1-4-21(38)8-6-5-7-9-24(34-29(40)25-18-31(42-35-25)12-14-36(2)15-13-31)30-33-19-27(41-30)22-16-20-10-11-28(39)37(3)26(20)17-23(22)32/h10-11,16-17,19,24H,4-9,12-15,18H2,1-3H3,(H,34,40)/t24-/m0/s1. The average molecular weight is 580 g/mol. The van der Waals surface area contributed by atoms with Crippen LogP contribution in [0.1, 0.15) is 76.6 Å². The molecule has 0 radical (unpaired) electrons. The number of carbonyl (C=O) groups is 2. The molecule has 0 saturated carbocycles. The highest BCUT2D eigenvalue weighted by Crippen LogP contribution is 2.35. The maximum absolute atomic E-state index is 15.2. The van der Waals surface area contributed by atoms with E-state index in [-0.39, 0.29) is 34.5 Å². The van der Waals surface area contributed by atoms with Crippen LogP contribution in [0.15, 0.2) is 44.8 Å². The maximum Gasteiger partial charge on any atom is 0.269 e. The molecule has 1 N–H and O–H groups in total. The van der Waals surface area contributed by atoms with Crippen LogP contribution in [0.4, 0.5) is 4.39 Å². The Labute approximate surface area is 243 Å². The van der Waals surface area contributed by atoms with Crippen molar-refractivity contribution < 1.29 is 23.2 Å². The lowest BCUT2D eigenvalue weighted by molar-refractivity contribution is -0.119. The number of nitrogens with zero attached hydrogens (tertiary/aromatic N) is 4. The van der Waals surface area contributed by atoms with Gasteiger partial charge in [-0.25, -0.2) is 9.37 Å². The largest absolute Gasteiger partial charge is 0.438 e. The highest BCUT2D eigenvalue weighted by Gasteiger charge is 2.43. The number of rotatable bonds is 11. The number of oxime groups is 1. The van der Waals surface area contributed by atoms with Crippen molar-refractivity contribution in [3.63, 3.8) is 0 Å². The lowest BCUT2D eigenvalue weighted by Crippen LogP contribution is -2.44. The van der Waals surface area contributed by atoms with Gasteiger partial charge in [-0.3, -0.25) is 14.4 Å². The summed E-state index contributed by atoms with van der Waals surface area (Å²) in [5, 5.41) is 7.86. The summed E-state index contributed by atoms with van der Waals surface area (Å²) in [4.78, 5) is 49.5. The number of unbranched alkanes of at least 4 members (excludes halogenated alkanes) is 2. The highest BCUT2D eigenvalue weighted by atomic mass is 19.1. The van der Waals surface area contributed by atoms with Gasteiger partial charge in [-0.2, -0.15) is 0 Å². The van der Waals surface area contributed by atoms with Gasteiger partial charge < -0.3 is 24.0 Å². The summed E-state index contributed by atoms with van der Waals surface area (Å²) in [5.41, 5.74) is 0.357. The van der Waals surface area contributed by atoms with Gasteiger partial charge in [0, 0.05) is 58.3 Å². The summed E-state index contributed by atoms with van der Waals surface area (Å²) in [6.45, 7) is 3.63. The van der Waals surface area contributed by atoms with Gasteiger partial charge in [0.25, 0.3) is 11.5 Å². The number of ketones is 1. The SMILES string of the molecule is CCC(=O)CCCCC[C@H](NC(=O)C1=NOC2(CCN(C)CC2)C1)c1ncc(-c2cc3ccc(=O)n(C)c3cc2F)o1. The molecule has 10 nitrogen and oxygen atoms in total. The predicted octanol–water partition coefficient (Wildman–Crippen LogP) is 4.66. The normalized spacial score (nSPS) is 17.3. The molecular weight excluding hydrogens is 541 g/mol. The zero-order valence-electron chi connectivity index (χ0n) is 24.5. The van der Waals surface area contributed by atoms with Gasteiger partial charge in [-0.1, -0.05) is 24.9 Å². The summed E-state index contributed by atoms with van der Waals surface area (Å²) in [6, 6.07) is 5.43. The number of Topliss-reactive ketones (excluding diaryl/α,β-unsaturated/α-hetero) is 1. The van der Waals surface area contributed by atoms with Gasteiger partial charge in [0.2, 0.25) is 5.89 Å². The molecule has 1 atom stereocenters. The molecular formula is C31H38FN5O5. The number of halogens is 1. The first-order chi connectivity index (χ1) is 20.2. The van der Waals surface area contributed by atoms with Crippen LogP contribution in [-0.2, 0) is 21.5 Å². The van der Waals surface area contributed by atoms with E-state index < -0.39 is 17.5 Å². The van der Waals surface area contributed by atoms with Crippen LogP contribution in [-0.4, -0.2) is 57.6 Å². The Morgan fingerprint density at radius 1 is 1.14 bits per heavy atom. The quantitative estimate of drug-likeness (QED) is 0.328. The Balaban J connectivity index is 1.33. The molecule has 0 unspecified atom stereocenters. The molecule has 2 aliphatic heterocycles. The van der Waals surface area contributed by atoms with Crippen LogP contribution >= 0.6 is 0 Å². The smallest absolute Gasteiger partial charge is 0.269 e. The fourth-order valence-electron chi connectivity index (χ4n) is 5.62. The summed E-state index contributed by atoms with van der Waals surface area (Å²) >= 11 is 0. The second kappa shape index (κ2) is 12.6. The Hall–Kier alpha value is -3.86. The third-order valence-corrected chi connectivity index (χ3v) is 8.45. The molecule has 1 fully saturated rings. The minimum absolute atomic E-state index is 0.209. The Bertz CT molecular complexity index is 1550. The molecule has 1 saturated heterocycles. The number of hydrogen-bond acceptors (Lipinski definition) is 8. The van der Waals surface area contributed by atoms with E-state index in [0.29, 0.717) is 42.3 Å². The van der Waals surface area contributed by atoms with Crippen LogP contribution in [0.3, 0.4) is 0 Å². The third-order valence-electron chi connectivity index (χ3n) is 8.45. The molecule has 1 amide bonds. The lowest BCUT2D eigenvalue weighted by Gasteiger charge is -2.35. The lowest BCUT2D eigenvalue weighted by atomic mass is 9.87. The van der Waals surface area contributed by atoms with E-state index in [1.165, 1.54) is 22.9 Å². The van der Waals surface area contributed by atoms with Gasteiger partial charge >= 0.3 is 0 Å². The van der Waals surface area contributed by atoms with Crippen LogP contribution in [0.2, 0.25) is 0 Å². The number of likely N-dealkylation sites (tertiary alicyclic amines) is 1. The van der Waals surface area contributed by atoms with Gasteiger partial charge in [0.05, 0.1) is 17.3 Å². The number of amides is 1. The van der Waals surface area contributed by atoms with Gasteiger partial charge in [-0.05, 0) is 43.5 Å². The van der Waals surface area contributed by atoms with Crippen molar-refractivity contribution in [3.05, 3.63) is 52.5 Å². The molecule has 2 aliphatic rings. The zero-order chi connectivity index (χ0) is 29.9. The van der Waals surface area contributed by atoms with Crippen molar-refractivity contribution >= 4 is 28.3 Å². The molecule has 5 rings (SSSR count). The van der Waals surface area contributed by atoms with E-state index in [1.54, 1.807) is 19.2 Å². The topological polar surface area (TPSA) is 119 Å². The Kier molecular flexibility index (Phi) is 8.86. The maximum atomic E-state index is 15.2. The fourth-order valence-corrected chi connectivity index (χ4v) is 5.62. The second-order valence-corrected chi connectivity index (χ2v) is 11.5. The molecule has 42 heavy (non-hydrogen) atoms. The number of aromatic nitrogens is 2. The first-order valence-corrected chi connectivity index (χ1v) is 14.7.